The van der Waals surface area contributed by atoms with Crippen LogP contribution in [0.1, 0.15) is 0 Å². The SMILES string of the molecule is C=C(C(=O)O[SiH3])C(OC)OC. The summed E-state index contributed by atoms with van der Waals surface area (Å²) in [6, 6.07) is 0. The lowest BCUT2D eigenvalue weighted by Gasteiger charge is -2.13. The Labute approximate surface area is 68.7 Å². The molecule has 0 aliphatic rings. The van der Waals surface area contributed by atoms with Gasteiger partial charge in [-0.1, -0.05) is 6.58 Å². The van der Waals surface area contributed by atoms with Crippen LogP contribution in [-0.2, 0) is 18.7 Å². The first-order valence-corrected chi connectivity index (χ1v) is 3.81. The van der Waals surface area contributed by atoms with Gasteiger partial charge in [0.15, 0.2) is 6.29 Å². The Morgan fingerprint density at radius 3 is 2.18 bits per heavy atom. The Morgan fingerprint density at radius 2 is 1.91 bits per heavy atom. The molecule has 0 saturated heterocycles. The average molecular weight is 176 g/mol. The molecule has 0 aromatic heterocycles. The van der Waals surface area contributed by atoms with Crippen molar-refractivity contribution >= 4 is 16.5 Å². The lowest BCUT2D eigenvalue weighted by molar-refractivity contribution is -0.137. The zero-order chi connectivity index (χ0) is 8.85. The summed E-state index contributed by atoms with van der Waals surface area (Å²) in [6.07, 6.45) is -0.698. The zero-order valence-corrected chi connectivity index (χ0v) is 8.92. The molecule has 5 heteroatoms. The molecule has 64 valence electrons. The molecular weight excluding hydrogens is 164 g/mol. The molecule has 0 heterocycles. The zero-order valence-electron chi connectivity index (χ0n) is 6.92. The van der Waals surface area contributed by atoms with Gasteiger partial charge in [0.25, 0.3) is 0 Å². The van der Waals surface area contributed by atoms with Gasteiger partial charge in [-0.2, -0.15) is 0 Å². The van der Waals surface area contributed by atoms with E-state index in [1.54, 1.807) is 0 Å². The molecular formula is C6H12O4Si. The molecule has 0 aromatic rings. The average Bonchev–Trinajstić information content (AvgIpc) is 2.05. The van der Waals surface area contributed by atoms with Gasteiger partial charge in [-0.3, -0.25) is 0 Å². The largest absolute Gasteiger partial charge is 0.525 e. The topological polar surface area (TPSA) is 44.8 Å². The molecule has 0 radical (unpaired) electrons. The molecule has 0 N–H and O–H groups in total. The van der Waals surface area contributed by atoms with Crippen molar-refractivity contribution in [3.63, 3.8) is 0 Å². The molecule has 0 bridgehead atoms. The Bertz CT molecular complexity index is 153. The summed E-state index contributed by atoms with van der Waals surface area (Å²) in [7, 11) is 3.21. The summed E-state index contributed by atoms with van der Waals surface area (Å²) >= 11 is 0. The number of hydrogen-bond donors (Lipinski definition) is 0. The van der Waals surface area contributed by atoms with E-state index in [1.165, 1.54) is 14.2 Å². The van der Waals surface area contributed by atoms with Gasteiger partial charge in [-0.05, 0) is 0 Å². The standard InChI is InChI=1S/C6H12O4Si/c1-4(5(7)10-11)6(8-2)9-3/h6H,1H2,2-3,11H3. The minimum Gasteiger partial charge on any atom is -0.525 e. The highest BCUT2D eigenvalue weighted by molar-refractivity contribution is 6.09. The van der Waals surface area contributed by atoms with Gasteiger partial charge in [0.1, 0.15) is 0 Å². The van der Waals surface area contributed by atoms with Crippen molar-refractivity contribution in [1.29, 1.82) is 0 Å². The molecule has 0 spiro atoms. The number of carbonyl (C=O) groups is 1. The fourth-order valence-corrected chi connectivity index (χ4v) is 0.870. The Hall–Kier alpha value is -0.653. The summed E-state index contributed by atoms with van der Waals surface area (Å²) in [5.74, 6) is -0.467. The predicted molar refractivity (Wildman–Crippen MR) is 43.0 cm³/mol. The van der Waals surface area contributed by atoms with E-state index in [1.807, 2.05) is 0 Å². The molecule has 0 atom stereocenters. The summed E-state index contributed by atoms with van der Waals surface area (Å²) in [5, 5.41) is 0. The van der Waals surface area contributed by atoms with Crippen molar-refractivity contribution in [1.82, 2.24) is 0 Å². The van der Waals surface area contributed by atoms with E-state index >= 15 is 0 Å². The molecule has 0 aromatic carbocycles. The second-order valence-corrected chi connectivity index (χ2v) is 2.23. The van der Waals surface area contributed by atoms with Crippen molar-refractivity contribution < 1.29 is 18.7 Å². The molecule has 0 aliphatic heterocycles. The molecule has 0 rings (SSSR count). The van der Waals surface area contributed by atoms with Crippen molar-refractivity contribution in [2.24, 2.45) is 0 Å². The van der Waals surface area contributed by atoms with Gasteiger partial charge < -0.3 is 13.9 Å². The Kier molecular flexibility index (Phi) is 4.76. The summed E-state index contributed by atoms with van der Waals surface area (Å²) < 4.78 is 14.1. The number of rotatable bonds is 4. The number of ether oxygens (including phenoxy) is 2. The van der Waals surface area contributed by atoms with Crippen LogP contribution in [0, 0.1) is 0 Å². The minimum atomic E-state index is -0.698. The van der Waals surface area contributed by atoms with Crippen molar-refractivity contribution in [3.05, 3.63) is 12.2 Å². The fourth-order valence-electron chi connectivity index (χ4n) is 0.608. The number of carbonyl (C=O) groups excluding carboxylic acids is 1. The molecule has 0 unspecified atom stereocenters. The highest BCUT2D eigenvalue weighted by Crippen LogP contribution is 2.05. The maximum atomic E-state index is 10.8. The minimum absolute atomic E-state index is 0.185. The second-order valence-electron chi connectivity index (χ2n) is 1.82. The van der Waals surface area contributed by atoms with Crippen LogP contribution in [0.3, 0.4) is 0 Å². The highest BCUT2D eigenvalue weighted by atomic mass is 28.2. The van der Waals surface area contributed by atoms with Gasteiger partial charge in [-0.15, -0.1) is 0 Å². The predicted octanol–water partition coefficient (Wildman–Crippen LogP) is -1.01. The monoisotopic (exact) mass is 176 g/mol. The highest BCUT2D eigenvalue weighted by Gasteiger charge is 2.17. The van der Waals surface area contributed by atoms with E-state index in [0.29, 0.717) is 10.5 Å². The van der Waals surface area contributed by atoms with E-state index in [4.69, 9.17) is 9.47 Å². The molecule has 0 fully saturated rings. The van der Waals surface area contributed by atoms with E-state index < -0.39 is 12.3 Å². The maximum Gasteiger partial charge on any atom is 0.324 e. The van der Waals surface area contributed by atoms with Gasteiger partial charge in [0, 0.05) is 14.2 Å². The van der Waals surface area contributed by atoms with Crippen LogP contribution in [0.4, 0.5) is 0 Å². The van der Waals surface area contributed by atoms with Gasteiger partial charge >= 0.3 is 5.97 Å². The Morgan fingerprint density at radius 1 is 1.45 bits per heavy atom. The molecule has 0 saturated carbocycles. The van der Waals surface area contributed by atoms with Crippen LogP contribution in [0.5, 0.6) is 0 Å². The van der Waals surface area contributed by atoms with Crippen LogP contribution < -0.4 is 0 Å². The third-order valence-electron chi connectivity index (χ3n) is 1.16. The first kappa shape index (κ1) is 10.3. The first-order chi connectivity index (χ1) is 5.17. The van der Waals surface area contributed by atoms with Crippen LogP contribution in [-0.4, -0.2) is 37.0 Å². The van der Waals surface area contributed by atoms with Crippen LogP contribution in [0.15, 0.2) is 12.2 Å². The van der Waals surface area contributed by atoms with E-state index in [0.717, 1.165) is 0 Å². The molecule has 0 amide bonds. The lowest BCUT2D eigenvalue weighted by Crippen LogP contribution is -2.22. The smallest absolute Gasteiger partial charge is 0.324 e. The van der Waals surface area contributed by atoms with Gasteiger partial charge in [0.2, 0.25) is 10.5 Å². The van der Waals surface area contributed by atoms with Crippen molar-refractivity contribution in [2.75, 3.05) is 14.2 Å². The summed E-state index contributed by atoms with van der Waals surface area (Å²) in [5.41, 5.74) is 0.185. The maximum absolute atomic E-state index is 10.8. The van der Waals surface area contributed by atoms with E-state index in [2.05, 4.69) is 11.0 Å². The quantitative estimate of drug-likeness (QED) is 0.313. The first-order valence-electron chi connectivity index (χ1n) is 3.00. The Balaban J connectivity index is 4.09. The third kappa shape index (κ3) is 2.83. The fraction of sp³-hybridized carbons (Fsp3) is 0.500. The van der Waals surface area contributed by atoms with Crippen molar-refractivity contribution in [2.45, 2.75) is 6.29 Å². The number of hydrogen-bond acceptors (Lipinski definition) is 4. The van der Waals surface area contributed by atoms with Gasteiger partial charge in [-0.25, -0.2) is 4.79 Å². The van der Waals surface area contributed by atoms with Crippen molar-refractivity contribution in [3.8, 4) is 0 Å². The van der Waals surface area contributed by atoms with E-state index in [9.17, 15) is 4.79 Å². The van der Waals surface area contributed by atoms with Gasteiger partial charge in [0.05, 0.1) is 5.57 Å². The van der Waals surface area contributed by atoms with Crippen LogP contribution >= 0.6 is 0 Å². The van der Waals surface area contributed by atoms with Crippen LogP contribution in [0.2, 0.25) is 0 Å². The van der Waals surface area contributed by atoms with E-state index in [-0.39, 0.29) is 5.57 Å². The lowest BCUT2D eigenvalue weighted by atomic mass is 10.3. The third-order valence-corrected chi connectivity index (χ3v) is 1.53. The number of methoxy groups -OCH3 is 2. The molecule has 4 nitrogen and oxygen atoms in total. The normalized spacial score (nSPS) is 10.1. The summed E-state index contributed by atoms with van der Waals surface area (Å²) in [4.78, 5) is 10.8. The summed E-state index contributed by atoms with van der Waals surface area (Å²) in [6.45, 7) is 3.47. The molecule has 11 heavy (non-hydrogen) atoms. The second kappa shape index (κ2) is 5.06. The molecule has 0 aliphatic carbocycles. The van der Waals surface area contributed by atoms with Crippen LogP contribution in [0.25, 0.3) is 0 Å².